The van der Waals surface area contributed by atoms with Crippen molar-refractivity contribution in [2.75, 3.05) is 50.5 Å². The highest BCUT2D eigenvalue weighted by atomic mass is 32.2. The Kier molecular flexibility index (Phi) is 13.3. The molecule has 1 heterocycles. The summed E-state index contributed by atoms with van der Waals surface area (Å²) in [6, 6.07) is 16.0. The van der Waals surface area contributed by atoms with Gasteiger partial charge < -0.3 is 19.8 Å². The molecule has 1 fully saturated rings. The van der Waals surface area contributed by atoms with Gasteiger partial charge in [0.1, 0.15) is 18.9 Å². The Hall–Kier alpha value is -4.22. The highest BCUT2D eigenvalue weighted by molar-refractivity contribution is 7.98. The van der Waals surface area contributed by atoms with E-state index in [4.69, 9.17) is 14.6 Å². The van der Waals surface area contributed by atoms with Crippen molar-refractivity contribution in [1.82, 2.24) is 9.80 Å². The van der Waals surface area contributed by atoms with E-state index < -0.39 is 52.0 Å². The minimum atomic E-state index is -5.08. The van der Waals surface area contributed by atoms with Gasteiger partial charge in [-0.15, -0.1) is 11.8 Å². The Labute approximate surface area is 277 Å². The Morgan fingerprint density at radius 1 is 0.958 bits per heavy atom. The second-order valence-corrected chi connectivity index (χ2v) is 13.5. The van der Waals surface area contributed by atoms with Gasteiger partial charge in [-0.1, -0.05) is 24.3 Å². The fourth-order valence-corrected chi connectivity index (χ4v) is 6.34. The van der Waals surface area contributed by atoms with Crippen LogP contribution in [0.15, 0.2) is 65.6 Å². The molecular weight excluding hydrogens is 687 g/mol. The van der Waals surface area contributed by atoms with Gasteiger partial charge in [-0.2, -0.15) is 13.2 Å². The molecule has 1 aliphatic rings. The molecule has 1 saturated heterocycles. The number of aliphatic carboxylic acids is 2. The van der Waals surface area contributed by atoms with E-state index in [9.17, 15) is 45.1 Å². The molecule has 0 unspecified atom stereocenters. The van der Waals surface area contributed by atoms with Crippen molar-refractivity contribution in [2.45, 2.75) is 17.7 Å². The number of carbonyl (C=O) groups excluding carboxylic acids is 1. The lowest BCUT2D eigenvalue weighted by molar-refractivity contribution is -0.192. The Balaban J connectivity index is 0.000000804. The predicted octanol–water partition coefficient (Wildman–Crippen LogP) is 4.82. The maximum atomic E-state index is 13.8. The number of ether oxygens (including phenoxy) is 1. The van der Waals surface area contributed by atoms with E-state index >= 15 is 0 Å². The minimum absolute atomic E-state index is 0.0499. The lowest BCUT2D eigenvalue weighted by Crippen LogP contribution is -2.46. The number of sulfone groups is 1. The van der Waals surface area contributed by atoms with E-state index in [0.717, 1.165) is 0 Å². The van der Waals surface area contributed by atoms with Crippen LogP contribution in [-0.2, 0) is 26.0 Å². The standard InChI is InChI=1S/C29H30F2N2O6S2.C2HF3O2/c1-40-27-17-26(31)25(30)16-24(27)21-5-7-23(8-6-21)39-19-20-3-2-4-22(15-20)29(36)33(18-28(34)35)10-9-32-11-13-41(37,38)14-12-32;3-2(4,5)1(6)7/h2-8,15-17H,9-14,18-19H2,1H3,(H,34,35);(H,6,7). The van der Waals surface area contributed by atoms with E-state index in [-0.39, 0.29) is 24.7 Å². The van der Waals surface area contributed by atoms with Gasteiger partial charge in [-0.25, -0.2) is 22.0 Å². The van der Waals surface area contributed by atoms with Crippen LogP contribution in [0.4, 0.5) is 22.0 Å². The SMILES string of the molecule is CSc1cc(F)c(F)cc1-c1ccc(OCc2cccc(C(=O)N(CCN3CCS(=O)(=O)CC3)CC(=O)O)c2)cc1.O=C(O)C(F)(F)F. The summed E-state index contributed by atoms with van der Waals surface area (Å²) in [7, 11) is -3.04. The first-order valence-corrected chi connectivity index (χ1v) is 17.1. The van der Waals surface area contributed by atoms with Crippen LogP contribution in [0.5, 0.6) is 5.75 Å². The normalized spacial score (nSPS) is 14.4. The molecular formula is C31H31F5N2O8S2. The molecule has 0 spiro atoms. The summed E-state index contributed by atoms with van der Waals surface area (Å²) in [4.78, 5) is 37.3. The monoisotopic (exact) mass is 718 g/mol. The number of benzene rings is 3. The molecule has 260 valence electrons. The average Bonchev–Trinajstić information content (AvgIpc) is 3.03. The predicted molar refractivity (Wildman–Crippen MR) is 167 cm³/mol. The number of nitrogens with zero attached hydrogens (tertiary/aromatic N) is 2. The van der Waals surface area contributed by atoms with E-state index in [0.29, 0.717) is 52.5 Å². The summed E-state index contributed by atoms with van der Waals surface area (Å²) >= 11 is 1.32. The molecule has 3 aromatic rings. The Bertz CT molecular complexity index is 1710. The number of rotatable bonds is 11. The first kappa shape index (κ1) is 38.2. The average molecular weight is 719 g/mol. The fourth-order valence-electron chi connectivity index (χ4n) is 4.45. The zero-order valence-electron chi connectivity index (χ0n) is 25.4. The summed E-state index contributed by atoms with van der Waals surface area (Å²) in [5, 5.41) is 16.5. The van der Waals surface area contributed by atoms with Crippen molar-refractivity contribution < 1.29 is 59.7 Å². The molecule has 17 heteroatoms. The van der Waals surface area contributed by atoms with Gasteiger partial charge in [0, 0.05) is 36.6 Å². The molecule has 0 aromatic heterocycles. The van der Waals surface area contributed by atoms with E-state index in [2.05, 4.69) is 0 Å². The summed E-state index contributed by atoms with van der Waals surface area (Å²) in [5.41, 5.74) is 2.29. The maximum absolute atomic E-state index is 13.8. The molecule has 0 radical (unpaired) electrons. The lowest BCUT2D eigenvalue weighted by atomic mass is 10.1. The summed E-state index contributed by atoms with van der Waals surface area (Å²) in [6.45, 7) is 0.886. The molecule has 2 N–H and O–H groups in total. The van der Waals surface area contributed by atoms with Crippen LogP contribution in [0.25, 0.3) is 11.1 Å². The van der Waals surface area contributed by atoms with Gasteiger partial charge >= 0.3 is 18.1 Å². The van der Waals surface area contributed by atoms with Crippen molar-refractivity contribution in [2.24, 2.45) is 0 Å². The number of alkyl halides is 3. The molecule has 1 aliphatic heterocycles. The van der Waals surface area contributed by atoms with E-state index in [1.807, 2.05) is 4.90 Å². The van der Waals surface area contributed by atoms with Crippen molar-refractivity contribution in [3.8, 4) is 16.9 Å². The number of hydrogen-bond donors (Lipinski definition) is 2. The van der Waals surface area contributed by atoms with Gasteiger partial charge in [0.2, 0.25) is 0 Å². The first-order chi connectivity index (χ1) is 22.5. The molecule has 48 heavy (non-hydrogen) atoms. The third-order valence-corrected chi connectivity index (χ3v) is 9.35. The highest BCUT2D eigenvalue weighted by Crippen LogP contribution is 2.33. The third kappa shape index (κ3) is 11.5. The number of carboxylic acid groups (broad SMARTS) is 2. The summed E-state index contributed by atoms with van der Waals surface area (Å²) in [6.07, 6.45) is -3.30. The largest absolute Gasteiger partial charge is 0.490 e. The van der Waals surface area contributed by atoms with E-state index in [1.165, 1.54) is 28.8 Å². The Morgan fingerprint density at radius 2 is 1.56 bits per heavy atom. The van der Waals surface area contributed by atoms with E-state index in [1.54, 1.807) is 54.8 Å². The van der Waals surface area contributed by atoms with Gasteiger partial charge in [-0.3, -0.25) is 14.5 Å². The number of carboxylic acids is 2. The number of carbonyl (C=O) groups is 3. The van der Waals surface area contributed by atoms with Crippen molar-refractivity contribution in [3.63, 3.8) is 0 Å². The summed E-state index contributed by atoms with van der Waals surface area (Å²) in [5.74, 6) is -5.53. The van der Waals surface area contributed by atoms with Crippen LogP contribution in [0, 0.1) is 11.6 Å². The second-order valence-electron chi connectivity index (χ2n) is 10.4. The van der Waals surface area contributed by atoms with Gasteiger partial charge in [0.25, 0.3) is 5.91 Å². The molecule has 0 atom stereocenters. The molecule has 0 saturated carbocycles. The van der Waals surface area contributed by atoms with Crippen molar-refractivity contribution in [1.29, 1.82) is 0 Å². The second kappa shape index (κ2) is 16.7. The first-order valence-electron chi connectivity index (χ1n) is 14.1. The van der Waals surface area contributed by atoms with Crippen LogP contribution >= 0.6 is 11.8 Å². The molecule has 1 amide bonds. The zero-order chi connectivity index (χ0) is 35.6. The summed E-state index contributed by atoms with van der Waals surface area (Å²) < 4.78 is 88.4. The van der Waals surface area contributed by atoms with Crippen LogP contribution in [0.2, 0.25) is 0 Å². The van der Waals surface area contributed by atoms with Crippen LogP contribution in [0.3, 0.4) is 0 Å². The number of thioether (sulfide) groups is 1. The number of hydrogen-bond acceptors (Lipinski definition) is 8. The molecule has 3 aromatic carbocycles. The molecule has 0 bridgehead atoms. The highest BCUT2D eigenvalue weighted by Gasteiger charge is 2.38. The van der Waals surface area contributed by atoms with Crippen LogP contribution in [-0.4, -0.2) is 103 Å². The quantitative estimate of drug-likeness (QED) is 0.209. The lowest BCUT2D eigenvalue weighted by Gasteiger charge is -2.29. The third-order valence-electron chi connectivity index (χ3n) is 6.97. The maximum Gasteiger partial charge on any atom is 0.490 e. The minimum Gasteiger partial charge on any atom is -0.489 e. The van der Waals surface area contributed by atoms with Crippen LogP contribution in [0.1, 0.15) is 15.9 Å². The van der Waals surface area contributed by atoms with Crippen molar-refractivity contribution in [3.05, 3.63) is 83.4 Å². The smallest absolute Gasteiger partial charge is 0.489 e. The molecule has 0 aliphatic carbocycles. The van der Waals surface area contributed by atoms with Crippen molar-refractivity contribution >= 4 is 39.4 Å². The number of amides is 1. The van der Waals surface area contributed by atoms with Gasteiger partial charge in [0.05, 0.1) is 11.5 Å². The van der Waals surface area contributed by atoms with Gasteiger partial charge in [-0.05, 0) is 59.3 Å². The molecule has 10 nitrogen and oxygen atoms in total. The number of halogens is 5. The zero-order valence-corrected chi connectivity index (χ0v) is 27.0. The fraction of sp³-hybridized carbons (Fsp3) is 0.323. The van der Waals surface area contributed by atoms with Crippen LogP contribution < -0.4 is 4.74 Å². The Morgan fingerprint density at radius 3 is 2.12 bits per heavy atom. The topological polar surface area (TPSA) is 142 Å². The van der Waals surface area contributed by atoms with Gasteiger partial charge in [0.15, 0.2) is 21.5 Å². The molecule has 4 rings (SSSR count).